The molecule has 1 aliphatic carbocycles. The summed E-state index contributed by atoms with van der Waals surface area (Å²) in [5.41, 5.74) is -3.12. The van der Waals surface area contributed by atoms with Crippen molar-refractivity contribution in [2.24, 2.45) is 5.92 Å². The summed E-state index contributed by atoms with van der Waals surface area (Å²) in [5, 5.41) is 2.00. The molecule has 2 aliphatic rings. The number of amides is 2. The number of hydrogen-bond acceptors (Lipinski definition) is 3. The lowest BCUT2D eigenvalue weighted by atomic mass is 9.85. The Bertz CT molecular complexity index is 791. The molecule has 1 saturated heterocycles. The number of halogens is 5. The van der Waals surface area contributed by atoms with Crippen LogP contribution in [0.5, 0.6) is 0 Å². The molecule has 0 bridgehead atoms. The highest BCUT2D eigenvalue weighted by Crippen LogP contribution is 2.35. The maximum atomic E-state index is 13.7. The number of allylic oxidation sites excluding steroid dienone is 2. The molecule has 1 heterocycles. The van der Waals surface area contributed by atoms with E-state index >= 15 is 0 Å². The molecule has 1 aliphatic heterocycles. The topological polar surface area (TPSA) is 55.4 Å². The predicted octanol–water partition coefficient (Wildman–Crippen LogP) is 2.04. The molecular formula is C15H8F5NO3. The number of imide groups is 1. The number of hydrogen-bond donors (Lipinski definition) is 1. The normalized spacial score (nSPS) is 25.1. The molecule has 2 unspecified atom stereocenters. The first-order chi connectivity index (χ1) is 11.3. The van der Waals surface area contributed by atoms with Gasteiger partial charge in [0.25, 0.3) is 5.91 Å². The van der Waals surface area contributed by atoms with Gasteiger partial charge in [-0.3, -0.25) is 14.9 Å². The Kier molecular flexibility index (Phi) is 3.75. The second kappa shape index (κ2) is 5.52. The van der Waals surface area contributed by atoms with Gasteiger partial charge in [-0.15, -0.1) is 0 Å². The maximum Gasteiger partial charge on any atom is 0.264 e. The van der Waals surface area contributed by atoms with Gasteiger partial charge in [-0.1, -0.05) is 18.2 Å². The molecular weight excluding hydrogens is 337 g/mol. The molecule has 24 heavy (non-hydrogen) atoms. The van der Waals surface area contributed by atoms with Crippen LogP contribution in [0.15, 0.2) is 24.3 Å². The van der Waals surface area contributed by atoms with Crippen LogP contribution in [0.25, 0.3) is 0 Å². The van der Waals surface area contributed by atoms with Crippen molar-refractivity contribution in [2.75, 3.05) is 0 Å². The van der Waals surface area contributed by atoms with Crippen LogP contribution in [0.2, 0.25) is 0 Å². The monoisotopic (exact) mass is 345 g/mol. The number of benzene rings is 1. The molecule has 0 spiro atoms. The molecule has 2 atom stereocenters. The Morgan fingerprint density at radius 1 is 0.958 bits per heavy atom. The van der Waals surface area contributed by atoms with Gasteiger partial charge in [-0.05, 0) is 6.08 Å². The first-order valence-electron chi connectivity index (χ1n) is 6.65. The predicted molar refractivity (Wildman–Crippen MR) is 68.7 cm³/mol. The minimum Gasteiger partial charge on any atom is -0.355 e. The van der Waals surface area contributed by atoms with Gasteiger partial charge in [0.15, 0.2) is 28.9 Å². The maximum absolute atomic E-state index is 13.7. The quantitative estimate of drug-likeness (QED) is 0.395. The van der Waals surface area contributed by atoms with Crippen LogP contribution >= 0.6 is 0 Å². The Labute approximate surface area is 131 Å². The zero-order chi connectivity index (χ0) is 17.6. The van der Waals surface area contributed by atoms with Crippen molar-refractivity contribution in [2.45, 2.75) is 12.2 Å². The van der Waals surface area contributed by atoms with Crippen molar-refractivity contribution in [3.05, 3.63) is 59.0 Å². The number of fused-ring (bicyclic) bond motifs is 1. The number of nitrogens with one attached hydrogen (secondary N) is 1. The molecule has 2 amide bonds. The Morgan fingerprint density at radius 2 is 1.54 bits per heavy atom. The lowest BCUT2D eigenvalue weighted by Gasteiger charge is -2.28. The van der Waals surface area contributed by atoms with Crippen molar-refractivity contribution >= 4 is 11.8 Å². The molecule has 4 nitrogen and oxygen atoms in total. The van der Waals surface area contributed by atoms with E-state index < -0.39 is 64.6 Å². The van der Waals surface area contributed by atoms with Gasteiger partial charge in [0.2, 0.25) is 11.7 Å². The molecule has 1 N–H and O–H groups in total. The van der Waals surface area contributed by atoms with E-state index in [1.807, 2.05) is 5.32 Å². The van der Waals surface area contributed by atoms with E-state index in [2.05, 4.69) is 0 Å². The SMILES string of the molecule is O=C1NC(=O)C2(OCc3c(F)c(F)c(F)c(F)c3F)C=CC=CC12. The Hall–Kier alpha value is -2.55. The van der Waals surface area contributed by atoms with Crippen LogP contribution in [0.3, 0.4) is 0 Å². The van der Waals surface area contributed by atoms with Crippen molar-refractivity contribution in [3.63, 3.8) is 0 Å². The number of rotatable bonds is 3. The van der Waals surface area contributed by atoms with E-state index in [9.17, 15) is 31.5 Å². The Morgan fingerprint density at radius 3 is 2.17 bits per heavy atom. The first-order valence-corrected chi connectivity index (χ1v) is 6.65. The van der Waals surface area contributed by atoms with E-state index in [0.717, 1.165) is 0 Å². The highest BCUT2D eigenvalue weighted by Gasteiger charge is 2.54. The highest BCUT2D eigenvalue weighted by molar-refractivity contribution is 6.11. The van der Waals surface area contributed by atoms with Gasteiger partial charge in [-0.25, -0.2) is 22.0 Å². The van der Waals surface area contributed by atoms with E-state index in [0.29, 0.717) is 0 Å². The third-order valence-corrected chi connectivity index (χ3v) is 3.85. The molecule has 0 aromatic heterocycles. The minimum absolute atomic E-state index is 0.696. The summed E-state index contributed by atoms with van der Waals surface area (Å²) in [5.74, 6) is -13.3. The molecule has 3 rings (SSSR count). The van der Waals surface area contributed by atoms with E-state index in [1.54, 1.807) is 0 Å². The third-order valence-electron chi connectivity index (χ3n) is 3.85. The number of ether oxygens (including phenoxy) is 1. The van der Waals surface area contributed by atoms with Crippen LogP contribution in [-0.2, 0) is 20.9 Å². The summed E-state index contributed by atoms with van der Waals surface area (Å²) >= 11 is 0. The van der Waals surface area contributed by atoms with Crippen LogP contribution in [0, 0.1) is 35.0 Å². The molecule has 9 heteroatoms. The van der Waals surface area contributed by atoms with E-state index in [-0.39, 0.29) is 0 Å². The molecule has 126 valence electrons. The highest BCUT2D eigenvalue weighted by atomic mass is 19.2. The smallest absolute Gasteiger partial charge is 0.264 e. The molecule has 1 aromatic rings. The van der Waals surface area contributed by atoms with Gasteiger partial charge in [-0.2, -0.15) is 0 Å². The molecule has 1 fully saturated rings. The van der Waals surface area contributed by atoms with Gasteiger partial charge >= 0.3 is 0 Å². The van der Waals surface area contributed by atoms with Crippen molar-refractivity contribution < 1.29 is 36.3 Å². The number of carbonyl (C=O) groups excluding carboxylic acids is 2. The lowest BCUT2D eigenvalue weighted by molar-refractivity contribution is -0.140. The Balaban J connectivity index is 1.97. The fourth-order valence-corrected chi connectivity index (χ4v) is 2.58. The van der Waals surface area contributed by atoms with Crippen molar-refractivity contribution in [3.8, 4) is 0 Å². The van der Waals surface area contributed by atoms with Crippen molar-refractivity contribution in [1.29, 1.82) is 0 Å². The fraction of sp³-hybridized carbons (Fsp3) is 0.200. The summed E-state index contributed by atoms with van der Waals surface area (Å²) in [6.45, 7) is -1.10. The first kappa shape index (κ1) is 16.3. The zero-order valence-corrected chi connectivity index (χ0v) is 11.7. The van der Waals surface area contributed by atoms with Crippen LogP contribution in [0.4, 0.5) is 22.0 Å². The van der Waals surface area contributed by atoms with E-state index in [1.165, 1.54) is 24.3 Å². The van der Waals surface area contributed by atoms with Gasteiger partial charge in [0.1, 0.15) is 0 Å². The fourth-order valence-electron chi connectivity index (χ4n) is 2.58. The summed E-state index contributed by atoms with van der Waals surface area (Å²) in [4.78, 5) is 23.7. The van der Waals surface area contributed by atoms with Crippen LogP contribution in [0.1, 0.15) is 5.56 Å². The van der Waals surface area contributed by atoms with Crippen LogP contribution < -0.4 is 5.32 Å². The average Bonchev–Trinajstić information content (AvgIpc) is 2.82. The standard InChI is InChI=1S/C15H8F5NO3/c16-8-6(9(17)11(19)12(20)10(8)18)5-24-15-4-2-1-3-7(15)13(22)21-14(15)23/h1-4,7H,5H2,(H,21,22,23). The lowest BCUT2D eigenvalue weighted by Crippen LogP contribution is -2.44. The zero-order valence-electron chi connectivity index (χ0n) is 11.7. The second-order valence-corrected chi connectivity index (χ2v) is 5.17. The molecule has 0 radical (unpaired) electrons. The average molecular weight is 345 g/mol. The van der Waals surface area contributed by atoms with Gasteiger partial charge < -0.3 is 4.74 Å². The molecule has 0 saturated carbocycles. The summed E-state index contributed by atoms with van der Waals surface area (Å²) in [7, 11) is 0. The van der Waals surface area contributed by atoms with Crippen LogP contribution in [-0.4, -0.2) is 17.4 Å². The number of carbonyl (C=O) groups is 2. The summed E-state index contributed by atoms with van der Waals surface area (Å²) in [6.07, 6.45) is 5.35. The largest absolute Gasteiger partial charge is 0.355 e. The van der Waals surface area contributed by atoms with Gasteiger partial charge in [0, 0.05) is 0 Å². The second-order valence-electron chi connectivity index (χ2n) is 5.17. The van der Waals surface area contributed by atoms with E-state index in [4.69, 9.17) is 4.74 Å². The minimum atomic E-state index is -2.29. The van der Waals surface area contributed by atoms with Gasteiger partial charge in [0.05, 0.1) is 18.1 Å². The van der Waals surface area contributed by atoms with Crippen molar-refractivity contribution in [1.82, 2.24) is 5.32 Å². The molecule has 1 aromatic carbocycles. The third kappa shape index (κ3) is 2.15. The summed E-state index contributed by atoms with van der Waals surface area (Å²) in [6, 6.07) is 0. The summed E-state index contributed by atoms with van der Waals surface area (Å²) < 4.78 is 71.9.